The molecule has 1 rings (SSSR count). The smallest absolute Gasteiger partial charge is 0.0907 e. The summed E-state index contributed by atoms with van der Waals surface area (Å²) in [5, 5.41) is 0.751. The fourth-order valence-corrected chi connectivity index (χ4v) is 1.17. The van der Waals surface area contributed by atoms with E-state index in [1.807, 2.05) is 44.1 Å². The Kier molecular flexibility index (Phi) is 3.32. The molecule has 1 aromatic carbocycles. The van der Waals surface area contributed by atoms with Gasteiger partial charge in [-0.3, -0.25) is 0 Å². The fourth-order valence-electron chi connectivity index (χ4n) is 0.941. The van der Waals surface area contributed by atoms with Crippen LogP contribution in [0.3, 0.4) is 0 Å². The van der Waals surface area contributed by atoms with E-state index in [0.717, 1.165) is 16.3 Å². The zero-order valence-electron chi connectivity index (χ0n) is 8.08. The highest BCUT2D eigenvalue weighted by Gasteiger charge is 1.95. The van der Waals surface area contributed by atoms with Crippen LogP contribution in [0.5, 0.6) is 0 Å². The molecule has 70 valence electrons. The third-order valence-electron chi connectivity index (χ3n) is 1.59. The van der Waals surface area contributed by atoms with Crippen LogP contribution in [0.15, 0.2) is 23.2 Å². The van der Waals surface area contributed by atoms with Crippen LogP contribution in [0.2, 0.25) is 5.02 Å². The van der Waals surface area contributed by atoms with Crippen molar-refractivity contribution in [3.63, 3.8) is 0 Å². The molecule has 1 aromatic rings. The van der Waals surface area contributed by atoms with Crippen LogP contribution in [0.25, 0.3) is 0 Å². The summed E-state index contributed by atoms with van der Waals surface area (Å²) in [6, 6.07) is 5.67. The van der Waals surface area contributed by atoms with Gasteiger partial charge in [0.1, 0.15) is 0 Å². The van der Waals surface area contributed by atoms with Gasteiger partial charge in [0.05, 0.1) is 12.0 Å². The first-order valence-corrected chi connectivity index (χ1v) is 4.44. The average Bonchev–Trinajstić information content (AvgIpc) is 2.02. The molecule has 2 nitrogen and oxygen atoms in total. The lowest BCUT2D eigenvalue weighted by Crippen LogP contribution is -2.07. The third-order valence-corrected chi connectivity index (χ3v) is 1.82. The molecule has 3 heteroatoms. The zero-order chi connectivity index (χ0) is 9.84. The van der Waals surface area contributed by atoms with Crippen molar-refractivity contribution in [3.05, 3.63) is 28.8 Å². The fraction of sp³-hybridized carbons (Fsp3) is 0.300. The third kappa shape index (κ3) is 3.07. The first kappa shape index (κ1) is 10.1. The Bertz CT molecular complexity index is 319. The quantitative estimate of drug-likeness (QED) is 0.525. The number of rotatable bonds is 2. The highest BCUT2D eigenvalue weighted by Crippen LogP contribution is 2.21. The van der Waals surface area contributed by atoms with Crippen LogP contribution in [0, 0.1) is 6.92 Å². The van der Waals surface area contributed by atoms with Crippen molar-refractivity contribution >= 4 is 23.6 Å². The predicted octanol–water partition coefficient (Wildman–Crippen LogP) is 2.87. The van der Waals surface area contributed by atoms with Gasteiger partial charge < -0.3 is 4.90 Å². The van der Waals surface area contributed by atoms with E-state index < -0.39 is 0 Å². The van der Waals surface area contributed by atoms with Crippen molar-refractivity contribution in [2.75, 3.05) is 14.1 Å². The molecule has 0 saturated carbocycles. The predicted molar refractivity (Wildman–Crippen MR) is 58.0 cm³/mol. The second-order valence-corrected chi connectivity index (χ2v) is 3.58. The molecule has 0 bridgehead atoms. The van der Waals surface area contributed by atoms with Gasteiger partial charge in [-0.1, -0.05) is 11.6 Å². The highest BCUT2D eigenvalue weighted by molar-refractivity contribution is 6.30. The number of hydrogen-bond acceptors (Lipinski definition) is 1. The van der Waals surface area contributed by atoms with Crippen molar-refractivity contribution in [3.8, 4) is 0 Å². The van der Waals surface area contributed by atoms with E-state index in [1.165, 1.54) is 0 Å². The SMILES string of the molecule is Cc1cc(Cl)ccc1/N=C\N(C)C. The molecule has 0 spiro atoms. The van der Waals surface area contributed by atoms with Gasteiger partial charge in [-0.15, -0.1) is 0 Å². The van der Waals surface area contributed by atoms with Crippen molar-refractivity contribution in [2.45, 2.75) is 6.92 Å². The molecular weight excluding hydrogens is 184 g/mol. The van der Waals surface area contributed by atoms with Crippen LogP contribution < -0.4 is 0 Å². The molecule has 0 radical (unpaired) electrons. The van der Waals surface area contributed by atoms with E-state index in [-0.39, 0.29) is 0 Å². The van der Waals surface area contributed by atoms with Crippen LogP contribution in [0.4, 0.5) is 5.69 Å². The second-order valence-electron chi connectivity index (χ2n) is 3.14. The Morgan fingerprint density at radius 3 is 2.62 bits per heavy atom. The standard InChI is InChI=1S/C10H13ClN2/c1-8-6-9(11)4-5-10(8)12-7-13(2)3/h4-7H,1-3H3/b12-7-. The first-order chi connectivity index (χ1) is 6.09. The number of nitrogens with zero attached hydrogens (tertiary/aromatic N) is 2. The lowest BCUT2D eigenvalue weighted by atomic mass is 10.2. The Morgan fingerprint density at radius 1 is 1.38 bits per heavy atom. The van der Waals surface area contributed by atoms with Crippen LogP contribution >= 0.6 is 11.6 Å². The minimum absolute atomic E-state index is 0.751. The molecule has 0 aliphatic heterocycles. The maximum Gasteiger partial charge on any atom is 0.0907 e. The van der Waals surface area contributed by atoms with E-state index in [1.54, 1.807) is 6.34 Å². The highest BCUT2D eigenvalue weighted by atomic mass is 35.5. The maximum atomic E-state index is 5.82. The first-order valence-electron chi connectivity index (χ1n) is 4.06. The topological polar surface area (TPSA) is 15.6 Å². The number of aliphatic imine (C=N–C) groups is 1. The van der Waals surface area contributed by atoms with Gasteiger partial charge in [-0.25, -0.2) is 4.99 Å². The van der Waals surface area contributed by atoms with Crippen LogP contribution in [-0.2, 0) is 0 Å². The Hall–Kier alpha value is -1.02. The van der Waals surface area contributed by atoms with Gasteiger partial charge >= 0.3 is 0 Å². The lowest BCUT2D eigenvalue weighted by molar-refractivity contribution is 0.643. The summed E-state index contributed by atoms with van der Waals surface area (Å²) in [5.41, 5.74) is 2.05. The molecular formula is C10H13ClN2. The summed E-state index contributed by atoms with van der Waals surface area (Å²) in [4.78, 5) is 6.19. The summed E-state index contributed by atoms with van der Waals surface area (Å²) < 4.78 is 0. The molecule has 0 heterocycles. The maximum absolute atomic E-state index is 5.82. The van der Waals surface area contributed by atoms with Gasteiger partial charge in [-0.05, 0) is 30.7 Å². The largest absolute Gasteiger partial charge is 0.369 e. The Balaban J connectivity index is 2.90. The van der Waals surface area contributed by atoms with Gasteiger partial charge in [0.2, 0.25) is 0 Å². The molecule has 0 aliphatic rings. The summed E-state index contributed by atoms with van der Waals surface area (Å²) in [6.45, 7) is 1.99. The molecule has 0 amide bonds. The molecule has 0 aliphatic carbocycles. The average molecular weight is 197 g/mol. The van der Waals surface area contributed by atoms with E-state index in [2.05, 4.69) is 4.99 Å². The van der Waals surface area contributed by atoms with Gasteiger partial charge in [-0.2, -0.15) is 0 Å². The van der Waals surface area contributed by atoms with Gasteiger partial charge in [0.25, 0.3) is 0 Å². The monoisotopic (exact) mass is 196 g/mol. The van der Waals surface area contributed by atoms with Gasteiger partial charge in [0, 0.05) is 19.1 Å². The minimum Gasteiger partial charge on any atom is -0.369 e. The van der Waals surface area contributed by atoms with E-state index >= 15 is 0 Å². The summed E-state index contributed by atoms with van der Waals surface area (Å²) >= 11 is 5.82. The van der Waals surface area contributed by atoms with Crippen LogP contribution in [-0.4, -0.2) is 25.3 Å². The number of halogens is 1. The van der Waals surface area contributed by atoms with Crippen molar-refractivity contribution in [1.82, 2.24) is 4.90 Å². The molecule has 0 aromatic heterocycles. The zero-order valence-corrected chi connectivity index (χ0v) is 8.84. The molecule has 0 saturated heterocycles. The van der Waals surface area contributed by atoms with Crippen molar-refractivity contribution in [1.29, 1.82) is 0 Å². The summed E-state index contributed by atoms with van der Waals surface area (Å²) in [7, 11) is 3.88. The summed E-state index contributed by atoms with van der Waals surface area (Å²) in [6.07, 6.45) is 1.77. The molecule has 0 fully saturated rings. The van der Waals surface area contributed by atoms with E-state index in [4.69, 9.17) is 11.6 Å². The summed E-state index contributed by atoms with van der Waals surface area (Å²) in [5.74, 6) is 0. The molecule has 13 heavy (non-hydrogen) atoms. The van der Waals surface area contributed by atoms with Crippen molar-refractivity contribution in [2.24, 2.45) is 4.99 Å². The molecule has 0 N–H and O–H groups in total. The van der Waals surface area contributed by atoms with Crippen LogP contribution in [0.1, 0.15) is 5.56 Å². The minimum atomic E-state index is 0.751. The van der Waals surface area contributed by atoms with Gasteiger partial charge in [0.15, 0.2) is 0 Å². The number of benzene rings is 1. The molecule has 0 atom stereocenters. The normalized spacial score (nSPS) is 10.8. The molecule has 0 unspecified atom stereocenters. The second kappa shape index (κ2) is 4.28. The lowest BCUT2D eigenvalue weighted by Gasteiger charge is -2.04. The van der Waals surface area contributed by atoms with Crippen molar-refractivity contribution < 1.29 is 0 Å². The Morgan fingerprint density at radius 2 is 2.08 bits per heavy atom. The number of aryl methyl sites for hydroxylation is 1. The Labute approximate surface area is 83.8 Å². The van der Waals surface area contributed by atoms with E-state index in [0.29, 0.717) is 0 Å². The van der Waals surface area contributed by atoms with E-state index in [9.17, 15) is 0 Å². The number of hydrogen-bond donors (Lipinski definition) is 0.